The lowest BCUT2D eigenvalue weighted by molar-refractivity contribution is -0.137. The van der Waals surface area contributed by atoms with Crippen molar-refractivity contribution in [2.45, 2.75) is 45.6 Å². The van der Waals surface area contributed by atoms with Gasteiger partial charge in [0.15, 0.2) is 0 Å². The minimum Gasteiger partial charge on any atom is -0.481 e. The molecule has 1 rings (SSSR count). The second-order valence-corrected chi connectivity index (χ2v) is 5.72. The lowest BCUT2D eigenvalue weighted by Crippen LogP contribution is -2.28. The van der Waals surface area contributed by atoms with Crippen LogP contribution in [0.4, 0.5) is 0 Å². The second kappa shape index (κ2) is 5.87. The van der Waals surface area contributed by atoms with Crippen molar-refractivity contribution in [3.05, 3.63) is 35.4 Å². The zero-order valence-electron chi connectivity index (χ0n) is 11.9. The number of rotatable bonds is 4. The van der Waals surface area contributed by atoms with E-state index in [1.165, 1.54) is 12.5 Å². The van der Waals surface area contributed by atoms with E-state index in [-0.39, 0.29) is 17.7 Å². The second-order valence-electron chi connectivity index (χ2n) is 5.72. The molecular weight excluding hydrogens is 242 g/mol. The first-order chi connectivity index (χ1) is 8.70. The summed E-state index contributed by atoms with van der Waals surface area (Å²) in [6.07, 6.45) is -0.117. The molecule has 1 aromatic carbocycles. The molecule has 0 fully saturated rings. The van der Waals surface area contributed by atoms with Crippen molar-refractivity contribution in [1.29, 1.82) is 0 Å². The summed E-state index contributed by atoms with van der Waals surface area (Å²) >= 11 is 0. The fourth-order valence-electron chi connectivity index (χ4n) is 1.89. The zero-order chi connectivity index (χ0) is 14.6. The largest absolute Gasteiger partial charge is 0.481 e. The summed E-state index contributed by atoms with van der Waals surface area (Å²) < 4.78 is 0. The molecule has 0 unspecified atom stereocenters. The number of carbonyl (C=O) groups is 2. The van der Waals surface area contributed by atoms with E-state index >= 15 is 0 Å². The molecule has 2 N–H and O–H groups in total. The summed E-state index contributed by atoms with van der Waals surface area (Å²) in [6.45, 7) is 7.73. The van der Waals surface area contributed by atoms with Gasteiger partial charge in [-0.15, -0.1) is 0 Å². The van der Waals surface area contributed by atoms with E-state index in [0.717, 1.165) is 5.56 Å². The summed E-state index contributed by atoms with van der Waals surface area (Å²) in [5, 5.41) is 11.6. The van der Waals surface area contributed by atoms with Gasteiger partial charge in [0.1, 0.15) is 0 Å². The Bertz CT molecular complexity index is 441. The summed E-state index contributed by atoms with van der Waals surface area (Å²) in [5.74, 6) is -1.16. The smallest absolute Gasteiger partial charge is 0.305 e. The highest BCUT2D eigenvalue weighted by molar-refractivity contribution is 5.75. The maximum atomic E-state index is 11.1. The standard InChI is InChI=1S/C15H21NO3/c1-10(17)16-13(9-14(18)19)11-5-7-12(8-6-11)15(2,3)4/h5-8,13H,9H2,1-4H3,(H,16,17)(H,18,19)/t13-/m0/s1. The van der Waals surface area contributed by atoms with E-state index in [4.69, 9.17) is 5.11 Å². The number of hydrogen-bond acceptors (Lipinski definition) is 2. The van der Waals surface area contributed by atoms with Crippen LogP contribution in [0.5, 0.6) is 0 Å². The van der Waals surface area contributed by atoms with Gasteiger partial charge >= 0.3 is 5.97 Å². The van der Waals surface area contributed by atoms with Crippen molar-refractivity contribution in [3.63, 3.8) is 0 Å². The molecule has 0 aromatic heterocycles. The predicted molar refractivity (Wildman–Crippen MR) is 74.0 cm³/mol. The zero-order valence-corrected chi connectivity index (χ0v) is 11.9. The molecule has 19 heavy (non-hydrogen) atoms. The van der Waals surface area contributed by atoms with Gasteiger partial charge in [-0.2, -0.15) is 0 Å². The number of hydrogen-bond donors (Lipinski definition) is 2. The van der Waals surface area contributed by atoms with Crippen LogP contribution in [0.2, 0.25) is 0 Å². The molecule has 1 amide bonds. The molecule has 0 bridgehead atoms. The molecule has 0 aliphatic carbocycles. The van der Waals surface area contributed by atoms with Gasteiger partial charge in [-0.3, -0.25) is 9.59 Å². The highest BCUT2D eigenvalue weighted by atomic mass is 16.4. The van der Waals surface area contributed by atoms with Gasteiger partial charge in [0.2, 0.25) is 5.91 Å². The number of nitrogens with one attached hydrogen (secondary N) is 1. The molecule has 1 atom stereocenters. The van der Waals surface area contributed by atoms with E-state index in [1.54, 1.807) is 0 Å². The fraction of sp³-hybridized carbons (Fsp3) is 0.467. The van der Waals surface area contributed by atoms with E-state index in [1.807, 2.05) is 24.3 Å². The molecule has 1 aromatic rings. The van der Waals surface area contributed by atoms with Crippen LogP contribution >= 0.6 is 0 Å². The Kier molecular flexibility index (Phi) is 4.70. The van der Waals surface area contributed by atoms with Crippen molar-refractivity contribution < 1.29 is 14.7 Å². The fourth-order valence-corrected chi connectivity index (χ4v) is 1.89. The number of carboxylic acids is 1. The lowest BCUT2D eigenvalue weighted by atomic mass is 9.86. The van der Waals surface area contributed by atoms with Gasteiger partial charge in [0.05, 0.1) is 12.5 Å². The Morgan fingerprint density at radius 2 is 1.74 bits per heavy atom. The van der Waals surface area contributed by atoms with Crippen molar-refractivity contribution in [2.24, 2.45) is 0 Å². The van der Waals surface area contributed by atoms with Gasteiger partial charge in [-0.05, 0) is 16.5 Å². The number of amides is 1. The highest BCUT2D eigenvalue weighted by Gasteiger charge is 2.18. The monoisotopic (exact) mass is 263 g/mol. The van der Waals surface area contributed by atoms with Crippen LogP contribution in [-0.4, -0.2) is 17.0 Å². The van der Waals surface area contributed by atoms with Gasteiger partial charge in [-0.25, -0.2) is 0 Å². The maximum absolute atomic E-state index is 11.1. The van der Waals surface area contributed by atoms with Crippen LogP contribution in [0.25, 0.3) is 0 Å². The van der Waals surface area contributed by atoms with E-state index in [0.29, 0.717) is 0 Å². The Hall–Kier alpha value is -1.84. The quantitative estimate of drug-likeness (QED) is 0.877. The minimum atomic E-state index is -0.932. The molecule has 104 valence electrons. The predicted octanol–water partition coefficient (Wildman–Crippen LogP) is 2.64. The average Bonchev–Trinajstić information content (AvgIpc) is 2.26. The SMILES string of the molecule is CC(=O)N[C@@H](CC(=O)O)c1ccc(C(C)(C)C)cc1. The van der Waals surface area contributed by atoms with Crippen molar-refractivity contribution in [3.8, 4) is 0 Å². The van der Waals surface area contributed by atoms with Crippen molar-refractivity contribution >= 4 is 11.9 Å². The first-order valence-electron chi connectivity index (χ1n) is 6.29. The molecule has 0 saturated carbocycles. The highest BCUT2D eigenvalue weighted by Crippen LogP contribution is 2.25. The summed E-state index contributed by atoms with van der Waals surface area (Å²) in [7, 11) is 0. The van der Waals surface area contributed by atoms with Gasteiger partial charge < -0.3 is 10.4 Å². The number of carbonyl (C=O) groups excluding carboxylic acids is 1. The molecule has 0 aliphatic rings. The van der Waals surface area contributed by atoms with Gasteiger partial charge in [0, 0.05) is 6.92 Å². The Morgan fingerprint density at radius 1 is 1.21 bits per heavy atom. The number of aliphatic carboxylic acids is 1. The lowest BCUT2D eigenvalue weighted by Gasteiger charge is -2.21. The molecule has 0 heterocycles. The summed E-state index contributed by atoms with van der Waals surface area (Å²) in [5.41, 5.74) is 2.04. The van der Waals surface area contributed by atoms with Crippen LogP contribution in [0.3, 0.4) is 0 Å². The third-order valence-corrected chi connectivity index (χ3v) is 2.94. The number of benzene rings is 1. The molecule has 0 aliphatic heterocycles. The molecule has 0 spiro atoms. The van der Waals surface area contributed by atoms with Crippen LogP contribution < -0.4 is 5.32 Å². The topological polar surface area (TPSA) is 66.4 Å². The van der Waals surface area contributed by atoms with Crippen LogP contribution in [0.15, 0.2) is 24.3 Å². The van der Waals surface area contributed by atoms with Crippen molar-refractivity contribution in [2.75, 3.05) is 0 Å². The van der Waals surface area contributed by atoms with Gasteiger partial charge in [0.25, 0.3) is 0 Å². The van der Waals surface area contributed by atoms with E-state index in [2.05, 4.69) is 26.1 Å². The molecular formula is C15H21NO3. The third-order valence-electron chi connectivity index (χ3n) is 2.94. The van der Waals surface area contributed by atoms with Crippen LogP contribution in [0.1, 0.15) is 51.3 Å². The average molecular weight is 263 g/mol. The normalized spacial score (nSPS) is 12.8. The third kappa shape index (κ3) is 4.73. The summed E-state index contributed by atoms with van der Waals surface area (Å²) in [6, 6.07) is 7.23. The molecule has 4 nitrogen and oxygen atoms in total. The van der Waals surface area contributed by atoms with E-state index < -0.39 is 12.0 Å². The molecule has 4 heteroatoms. The van der Waals surface area contributed by atoms with E-state index in [9.17, 15) is 9.59 Å². The first-order valence-corrected chi connectivity index (χ1v) is 6.29. The van der Waals surface area contributed by atoms with Crippen molar-refractivity contribution in [1.82, 2.24) is 5.32 Å². The number of carboxylic acid groups (broad SMARTS) is 1. The molecule has 0 saturated heterocycles. The van der Waals surface area contributed by atoms with Crippen LogP contribution in [-0.2, 0) is 15.0 Å². The molecule has 0 radical (unpaired) electrons. The first kappa shape index (κ1) is 15.2. The van der Waals surface area contributed by atoms with Crippen LogP contribution in [0, 0.1) is 0 Å². The van der Waals surface area contributed by atoms with Gasteiger partial charge in [-0.1, -0.05) is 45.0 Å². The Balaban J connectivity index is 2.96. The summed E-state index contributed by atoms with van der Waals surface area (Å²) in [4.78, 5) is 22.0. The Morgan fingerprint density at radius 3 is 2.11 bits per heavy atom. The Labute approximate surface area is 113 Å². The maximum Gasteiger partial charge on any atom is 0.305 e. The minimum absolute atomic E-state index is 0.0504.